The van der Waals surface area contributed by atoms with E-state index in [1.165, 1.54) is 6.42 Å². The summed E-state index contributed by atoms with van der Waals surface area (Å²) in [6.45, 7) is 1.90. The van der Waals surface area contributed by atoms with Gasteiger partial charge in [0.05, 0.1) is 0 Å². The number of aliphatic carboxylic acids is 1. The lowest BCUT2D eigenvalue weighted by Gasteiger charge is -2.31. The first-order chi connectivity index (χ1) is 6.04. The normalized spacial score (nSPS) is 21.0. The van der Waals surface area contributed by atoms with Gasteiger partial charge in [0.1, 0.15) is 12.2 Å². The van der Waals surface area contributed by atoms with E-state index in [0.29, 0.717) is 0 Å². The van der Waals surface area contributed by atoms with Gasteiger partial charge in [0.2, 0.25) is 0 Å². The molecule has 74 valence electrons. The summed E-state index contributed by atoms with van der Waals surface area (Å²) in [7, 11) is 0. The van der Waals surface area contributed by atoms with Crippen molar-refractivity contribution in [2.75, 3.05) is 0 Å². The van der Waals surface area contributed by atoms with E-state index in [1.54, 1.807) is 0 Å². The molecule has 0 aromatic carbocycles. The standard InChI is InChI=1S/C10H16O3/c1-10(5-3-2-4-6-10)8(11)7-9(12)13/h2-7H2,1H3,(H,12,13). The molecule has 3 heteroatoms. The fourth-order valence-corrected chi connectivity index (χ4v) is 1.96. The second-order valence-corrected chi connectivity index (χ2v) is 4.12. The Hall–Kier alpha value is -0.860. The van der Waals surface area contributed by atoms with E-state index < -0.39 is 5.97 Å². The molecule has 0 heterocycles. The van der Waals surface area contributed by atoms with E-state index >= 15 is 0 Å². The van der Waals surface area contributed by atoms with Crippen molar-refractivity contribution in [1.29, 1.82) is 0 Å². The number of carboxylic acid groups (broad SMARTS) is 1. The molecule has 1 aliphatic carbocycles. The van der Waals surface area contributed by atoms with Gasteiger partial charge in [-0.1, -0.05) is 26.2 Å². The Kier molecular flexibility index (Phi) is 3.07. The molecule has 1 N–H and O–H groups in total. The molecular formula is C10H16O3. The molecule has 0 aromatic rings. The Labute approximate surface area is 78.1 Å². The van der Waals surface area contributed by atoms with Gasteiger partial charge in [-0.3, -0.25) is 9.59 Å². The fraction of sp³-hybridized carbons (Fsp3) is 0.800. The lowest BCUT2D eigenvalue weighted by Crippen LogP contribution is -2.31. The zero-order valence-corrected chi connectivity index (χ0v) is 8.01. The average Bonchev–Trinajstić information content (AvgIpc) is 2.04. The van der Waals surface area contributed by atoms with E-state index in [1.807, 2.05) is 6.92 Å². The molecule has 0 saturated heterocycles. The van der Waals surface area contributed by atoms with Crippen molar-refractivity contribution in [3.8, 4) is 0 Å². The summed E-state index contributed by atoms with van der Waals surface area (Å²) in [5.41, 5.74) is -0.351. The zero-order chi connectivity index (χ0) is 9.90. The second kappa shape index (κ2) is 3.90. The van der Waals surface area contributed by atoms with E-state index in [9.17, 15) is 9.59 Å². The van der Waals surface area contributed by atoms with Crippen LogP contribution in [0.25, 0.3) is 0 Å². The van der Waals surface area contributed by atoms with Crippen molar-refractivity contribution in [2.45, 2.75) is 45.4 Å². The number of ketones is 1. The number of hydrogen-bond donors (Lipinski definition) is 1. The topological polar surface area (TPSA) is 54.4 Å². The molecule has 3 nitrogen and oxygen atoms in total. The number of carbonyl (C=O) groups is 2. The first-order valence-electron chi connectivity index (χ1n) is 4.80. The van der Waals surface area contributed by atoms with Gasteiger partial charge in [-0.2, -0.15) is 0 Å². The van der Waals surface area contributed by atoms with E-state index in [0.717, 1.165) is 25.7 Å². The van der Waals surface area contributed by atoms with Crippen LogP contribution in [-0.4, -0.2) is 16.9 Å². The summed E-state index contributed by atoms with van der Waals surface area (Å²) in [5.74, 6) is -1.10. The molecule has 13 heavy (non-hydrogen) atoms. The first kappa shape index (κ1) is 10.2. The van der Waals surface area contributed by atoms with Gasteiger partial charge >= 0.3 is 5.97 Å². The molecule has 0 radical (unpaired) electrons. The molecule has 0 unspecified atom stereocenters. The Morgan fingerprint density at radius 2 is 1.77 bits per heavy atom. The highest BCUT2D eigenvalue weighted by Crippen LogP contribution is 2.37. The van der Waals surface area contributed by atoms with E-state index in [2.05, 4.69) is 0 Å². The molecule has 0 amide bonds. The van der Waals surface area contributed by atoms with E-state index in [4.69, 9.17) is 5.11 Å². The van der Waals surface area contributed by atoms with Crippen molar-refractivity contribution in [3.05, 3.63) is 0 Å². The smallest absolute Gasteiger partial charge is 0.310 e. The number of Topliss-reactive ketones (excluding diaryl/α,β-unsaturated/α-hetero) is 1. The minimum absolute atomic E-state index is 0.0975. The van der Waals surface area contributed by atoms with Gasteiger partial charge in [0.25, 0.3) is 0 Å². The van der Waals surface area contributed by atoms with Gasteiger partial charge in [0.15, 0.2) is 0 Å². The molecule has 1 saturated carbocycles. The van der Waals surface area contributed by atoms with E-state index in [-0.39, 0.29) is 17.6 Å². The van der Waals surface area contributed by atoms with Crippen molar-refractivity contribution < 1.29 is 14.7 Å². The summed E-state index contributed by atoms with van der Waals surface area (Å²) in [6, 6.07) is 0. The molecule has 0 spiro atoms. The summed E-state index contributed by atoms with van der Waals surface area (Å²) in [6.07, 6.45) is 4.70. The van der Waals surface area contributed by atoms with Crippen LogP contribution in [0.4, 0.5) is 0 Å². The predicted molar refractivity (Wildman–Crippen MR) is 48.5 cm³/mol. The van der Waals surface area contributed by atoms with Crippen LogP contribution in [0.1, 0.15) is 45.4 Å². The minimum atomic E-state index is -1.00. The van der Waals surface area contributed by atoms with Crippen molar-refractivity contribution in [2.24, 2.45) is 5.41 Å². The van der Waals surface area contributed by atoms with Crippen molar-refractivity contribution in [1.82, 2.24) is 0 Å². The molecule has 1 fully saturated rings. The highest BCUT2D eigenvalue weighted by molar-refractivity contribution is 5.97. The predicted octanol–water partition coefficient (Wildman–Crippen LogP) is 2.00. The minimum Gasteiger partial charge on any atom is -0.481 e. The van der Waals surface area contributed by atoms with Crippen LogP contribution in [0.3, 0.4) is 0 Å². The Bertz CT molecular complexity index is 214. The summed E-state index contributed by atoms with van der Waals surface area (Å²) < 4.78 is 0. The maximum absolute atomic E-state index is 11.5. The third-order valence-corrected chi connectivity index (χ3v) is 2.94. The molecule has 0 bridgehead atoms. The molecule has 1 aliphatic rings. The summed E-state index contributed by atoms with van der Waals surface area (Å²) in [4.78, 5) is 21.9. The zero-order valence-electron chi connectivity index (χ0n) is 8.01. The monoisotopic (exact) mass is 184 g/mol. The lowest BCUT2D eigenvalue weighted by atomic mass is 9.72. The summed E-state index contributed by atoms with van der Waals surface area (Å²) in [5, 5.41) is 8.51. The van der Waals surface area contributed by atoms with Crippen LogP contribution in [0.2, 0.25) is 0 Å². The average molecular weight is 184 g/mol. The summed E-state index contributed by atoms with van der Waals surface area (Å²) >= 11 is 0. The third-order valence-electron chi connectivity index (χ3n) is 2.94. The van der Waals surface area contributed by atoms with Gasteiger partial charge in [0, 0.05) is 5.41 Å². The van der Waals surface area contributed by atoms with Crippen LogP contribution < -0.4 is 0 Å². The number of rotatable bonds is 3. The third kappa shape index (κ3) is 2.54. The molecular weight excluding hydrogens is 168 g/mol. The number of carbonyl (C=O) groups excluding carboxylic acids is 1. The maximum Gasteiger partial charge on any atom is 0.310 e. The quantitative estimate of drug-likeness (QED) is 0.682. The highest BCUT2D eigenvalue weighted by atomic mass is 16.4. The Morgan fingerprint density at radius 3 is 2.23 bits per heavy atom. The molecule has 0 aromatic heterocycles. The SMILES string of the molecule is CC1(C(=O)CC(=O)O)CCCCC1. The van der Waals surface area contributed by atoms with Gasteiger partial charge in [-0.05, 0) is 12.8 Å². The Morgan fingerprint density at radius 1 is 1.23 bits per heavy atom. The first-order valence-corrected chi connectivity index (χ1v) is 4.80. The number of hydrogen-bond acceptors (Lipinski definition) is 2. The maximum atomic E-state index is 11.5. The van der Waals surface area contributed by atoms with Crippen molar-refractivity contribution in [3.63, 3.8) is 0 Å². The fourth-order valence-electron chi connectivity index (χ4n) is 1.96. The highest BCUT2D eigenvalue weighted by Gasteiger charge is 2.34. The molecule has 1 rings (SSSR count). The van der Waals surface area contributed by atoms with Crippen LogP contribution in [-0.2, 0) is 9.59 Å². The van der Waals surface area contributed by atoms with Crippen LogP contribution in [0.5, 0.6) is 0 Å². The molecule has 0 aliphatic heterocycles. The van der Waals surface area contributed by atoms with Crippen LogP contribution in [0, 0.1) is 5.41 Å². The van der Waals surface area contributed by atoms with Gasteiger partial charge in [-0.25, -0.2) is 0 Å². The Balaban J connectivity index is 2.56. The van der Waals surface area contributed by atoms with Crippen molar-refractivity contribution >= 4 is 11.8 Å². The van der Waals surface area contributed by atoms with Gasteiger partial charge in [-0.15, -0.1) is 0 Å². The number of carboxylic acids is 1. The van der Waals surface area contributed by atoms with Crippen LogP contribution in [0.15, 0.2) is 0 Å². The van der Waals surface area contributed by atoms with Crippen LogP contribution >= 0.6 is 0 Å². The molecule has 0 atom stereocenters. The second-order valence-electron chi connectivity index (χ2n) is 4.12. The largest absolute Gasteiger partial charge is 0.481 e. The lowest BCUT2D eigenvalue weighted by molar-refractivity contribution is -0.143. The van der Waals surface area contributed by atoms with Gasteiger partial charge < -0.3 is 5.11 Å².